The summed E-state index contributed by atoms with van der Waals surface area (Å²) in [4.78, 5) is 28.0. The van der Waals surface area contributed by atoms with Gasteiger partial charge in [-0.2, -0.15) is 0 Å². The molecule has 132 valence electrons. The zero-order valence-electron chi connectivity index (χ0n) is 14.3. The molecule has 2 amide bonds. The minimum absolute atomic E-state index is 0.0696. The van der Waals surface area contributed by atoms with Gasteiger partial charge in [0.05, 0.1) is 19.1 Å². The first-order valence-corrected chi connectivity index (χ1v) is 8.52. The van der Waals surface area contributed by atoms with Crippen LogP contribution < -0.4 is 5.32 Å². The summed E-state index contributed by atoms with van der Waals surface area (Å²) in [6.07, 6.45) is 2.08. The van der Waals surface area contributed by atoms with E-state index in [2.05, 4.69) is 22.3 Å². The zero-order valence-corrected chi connectivity index (χ0v) is 14.3. The highest BCUT2D eigenvalue weighted by Crippen LogP contribution is 2.12. The molecule has 1 aromatic carbocycles. The molecule has 1 aliphatic heterocycles. The molecule has 2 N–H and O–H groups in total. The number of benzene rings is 1. The highest BCUT2D eigenvalue weighted by molar-refractivity contribution is 5.88. The molecule has 0 unspecified atom stereocenters. The van der Waals surface area contributed by atoms with E-state index in [0.29, 0.717) is 13.1 Å². The smallest absolute Gasteiger partial charge is 0.237 e. The molecule has 0 saturated carbocycles. The van der Waals surface area contributed by atoms with Crippen LogP contribution in [0.4, 0.5) is 0 Å². The number of carbonyl (C=O) groups is 2. The average molecular weight is 333 g/mol. The summed E-state index contributed by atoms with van der Waals surface area (Å²) in [5, 5.41) is 11.8. The molecule has 1 atom stereocenters. The van der Waals surface area contributed by atoms with Crippen molar-refractivity contribution in [3.63, 3.8) is 0 Å². The first-order valence-electron chi connectivity index (χ1n) is 8.52. The average Bonchev–Trinajstić information content (AvgIpc) is 2.58. The van der Waals surface area contributed by atoms with Crippen LogP contribution in [0.1, 0.15) is 18.4 Å². The minimum Gasteiger partial charge on any atom is -0.395 e. The minimum atomic E-state index is -0.414. The van der Waals surface area contributed by atoms with Gasteiger partial charge in [-0.15, -0.1) is 0 Å². The summed E-state index contributed by atoms with van der Waals surface area (Å²) in [6, 6.07) is 9.86. The second-order valence-corrected chi connectivity index (χ2v) is 6.17. The number of amides is 2. The standard InChI is InChI=1S/C18H27N3O3/c1-20(12-13-22)17(23)14-16-18(24)19-9-11-21(16)10-5-8-15-6-3-2-4-7-15/h2-4,6-7,16,22H,5,8-14H2,1H3,(H,19,24)/t16-/m0/s1. The number of hydrogen-bond donors (Lipinski definition) is 2. The number of aryl methyl sites for hydroxylation is 1. The Morgan fingerprint density at radius 2 is 2.12 bits per heavy atom. The van der Waals surface area contributed by atoms with E-state index < -0.39 is 6.04 Å². The van der Waals surface area contributed by atoms with Gasteiger partial charge < -0.3 is 15.3 Å². The third-order valence-electron chi connectivity index (χ3n) is 4.42. The van der Waals surface area contributed by atoms with E-state index in [1.807, 2.05) is 18.2 Å². The maximum atomic E-state index is 12.2. The van der Waals surface area contributed by atoms with Gasteiger partial charge in [0.15, 0.2) is 0 Å². The number of carbonyl (C=O) groups excluding carboxylic acids is 2. The van der Waals surface area contributed by atoms with Gasteiger partial charge in [0.1, 0.15) is 0 Å². The number of likely N-dealkylation sites (N-methyl/N-ethyl adjacent to an activating group) is 1. The third-order valence-corrected chi connectivity index (χ3v) is 4.42. The van der Waals surface area contributed by atoms with Crippen LogP contribution in [0.25, 0.3) is 0 Å². The first kappa shape index (κ1) is 18.4. The Kier molecular flexibility index (Phi) is 7.21. The lowest BCUT2D eigenvalue weighted by molar-refractivity contribution is -0.138. The van der Waals surface area contributed by atoms with Gasteiger partial charge in [-0.05, 0) is 24.9 Å². The molecular formula is C18H27N3O3. The van der Waals surface area contributed by atoms with Crippen molar-refractivity contribution in [2.45, 2.75) is 25.3 Å². The Balaban J connectivity index is 1.88. The Labute approximate surface area is 143 Å². The molecule has 0 aromatic heterocycles. The molecule has 6 heteroatoms. The summed E-state index contributed by atoms with van der Waals surface area (Å²) in [5.41, 5.74) is 1.29. The molecule has 24 heavy (non-hydrogen) atoms. The summed E-state index contributed by atoms with van der Waals surface area (Å²) in [5.74, 6) is -0.189. The second-order valence-electron chi connectivity index (χ2n) is 6.17. The maximum Gasteiger partial charge on any atom is 0.237 e. The van der Waals surface area contributed by atoms with Crippen molar-refractivity contribution in [2.24, 2.45) is 0 Å². The fourth-order valence-electron chi connectivity index (χ4n) is 2.98. The summed E-state index contributed by atoms with van der Waals surface area (Å²) in [7, 11) is 1.65. The topological polar surface area (TPSA) is 72.9 Å². The number of aliphatic hydroxyl groups is 1. The summed E-state index contributed by atoms with van der Waals surface area (Å²) >= 11 is 0. The molecule has 1 aromatic rings. The van der Waals surface area contributed by atoms with Gasteiger partial charge >= 0.3 is 0 Å². The molecule has 0 bridgehead atoms. The largest absolute Gasteiger partial charge is 0.395 e. The predicted octanol–water partition coefficient (Wildman–Crippen LogP) is 0.260. The zero-order chi connectivity index (χ0) is 17.4. The van der Waals surface area contributed by atoms with Crippen molar-refractivity contribution < 1.29 is 14.7 Å². The molecule has 6 nitrogen and oxygen atoms in total. The Morgan fingerprint density at radius 3 is 2.83 bits per heavy atom. The van der Waals surface area contributed by atoms with Gasteiger partial charge in [0, 0.05) is 26.7 Å². The number of aliphatic hydroxyl groups excluding tert-OH is 1. The van der Waals surface area contributed by atoms with Crippen molar-refractivity contribution in [1.82, 2.24) is 15.1 Å². The second kappa shape index (κ2) is 9.39. The monoisotopic (exact) mass is 333 g/mol. The van der Waals surface area contributed by atoms with Crippen LogP contribution in [0.3, 0.4) is 0 Å². The van der Waals surface area contributed by atoms with Crippen LogP contribution in [0.2, 0.25) is 0 Å². The molecule has 2 rings (SSSR count). The number of hydrogen-bond acceptors (Lipinski definition) is 4. The van der Waals surface area contributed by atoms with Gasteiger partial charge in [-0.1, -0.05) is 30.3 Å². The molecule has 1 saturated heterocycles. The van der Waals surface area contributed by atoms with Crippen molar-refractivity contribution in [1.29, 1.82) is 0 Å². The van der Waals surface area contributed by atoms with Gasteiger partial charge in [0.25, 0.3) is 0 Å². The molecule has 1 aliphatic rings. The van der Waals surface area contributed by atoms with Gasteiger partial charge in [-0.3, -0.25) is 14.5 Å². The fraction of sp³-hybridized carbons (Fsp3) is 0.556. The van der Waals surface area contributed by atoms with E-state index in [1.54, 1.807) is 7.05 Å². The fourth-order valence-corrected chi connectivity index (χ4v) is 2.98. The SMILES string of the molecule is CN(CCO)C(=O)C[C@H]1C(=O)NCCN1CCCc1ccccc1. The van der Waals surface area contributed by atoms with E-state index >= 15 is 0 Å². The lowest BCUT2D eigenvalue weighted by Crippen LogP contribution is -2.56. The van der Waals surface area contributed by atoms with Crippen LogP contribution in [0.5, 0.6) is 0 Å². The van der Waals surface area contributed by atoms with Crippen LogP contribution in [0, 0.1) is 0 Å². The van der Waals surface area contributed by atoms with Crippen LogP contribution >= 0.6 is 0 Å². The van der Waals surface area contributed by atoms with Crippen LogP contribution in [-0.2, 0) is 16.0 Å². The van der Waals surface area contributed by atoms with Crippen molar-refractivity contribution in [2.75, 3.05) is 39.8 Å². The number of nitrogens with one attached hydrogen (secondary N) is 1. The van der Waals surface area contributed by atoms with E-state index in [-0.39, 0.29) is 24.8 Å². The summed E-state index contributed by atoms with van der Waals surface area (Å²) < 4.78 is 0. The van der Waals surface area contributed by atoms with E-state index in [4.69, 9.17) is 5.11 Å². The maximum absolute atomic E-state index is 12.2. The quantitative estimate of drug-likeness (QED) is 0.716. The van der Waals surface area contributed by atoms with Gasteiger partial charge in [0.2, 0.25) is 11.8 Å². The Bertz CT molecular complexity index is 536. The molecule has 1 fully saturated rings. The highest BCUT2D eigenvalue weighted by atomic mass is 16.3. The number of rotatable bonds is 8. The molecular weight excluding hydrogens is 306 g/mol. The lowest BCUT2D eigenvalue weighted by Gasteiger charge is -2.35. The Hall–Kier alpha value is -1.92. The molecule has 1 heterocycles. The van der Waals surface area contributed by atoms with Crippen molar-refractivity contribution >= 4 is 11.8 Å². The number of nitrogens with zero attached hydrogens (tertiary/aromatic N) is 2. The first-order chi connectivity index (χ1) is 11.6. The van der Waals surface area contributed by atoms with E-state index in [9.17, 15) is 9.59 Å². The van der Waals surface area contributed by atoms with Crippen LogP contribution in [-0.4, -0.2) is 72.6 Å². The molecule has 0 spiro atoms. The third kappa shape index (κ3) is 5.32. The number of piperazine rings is 1. The highest BCUT2D eigenvalue weighted by Gasteiger charge is 2.31. The lowest BCUT2D eigenvalue weighted by atomic mass is 10.1. The van der Waals surface area contributed by atoms with Crippen molar-refractivity contribution in [3.05, 3.63) is 35.9 Å². The van der Waals surface area contributed by atoms with Crippen molar-refractivity contribution in [3.8, 4) is 0 Å². The predicted molar refractivity (Wildman–Crippen MR) is 92.5 cm³/mol. The molecule has 0 radical (unpaired) electrons. The van der Waals surface area contributed by atoms with Gasteiger partial charge in [-0.25, -0.2) is 0 Å². The van der Waals surface area contributed by atoms with E-state index in [0.717, 1.165) is 25.9 Å². The normalized spacial score (nSPS) is 18.2. The molecule has 0 aliphatic carbocycles. The summed E-state index contributed by atoms with van der Waals surface area (Å²) in [6.45, 7) is 2.41. The van der Waals surface area contributed by atoms with Crippen LogP contribution in [0.15, 0.2) is 30.3 Å². The Morgan fingerprint density at radius 1 is 1.38 bits per heavy atom. The van der Waals surface area contributed by atoms with E-state index in [1.165, 1.54) is 10.5 Å².